The molecule has 0 aliphatic rings. The third kappa shape index (κ3) is 3.97. The van der Waals surface area contributed by atoms with Crippen LogP contribution < -0.4 is 4.90 Å². The van der Waals surface area contributed by atoms with E-state index in [1.54, 1.807) is 7.11 Å². The van der Waals surface area contributed by atoms with Gasteiger partial charge in [0.25, 0.3) is 5.69 Å². The molecule has 0 spiro atoms. The first-order chi connectivity index (χ1) is 8.58. The second-order valence-corrected chi connectivity index (χ2v) is 3.99. The van der Waals surface area contributed by atoms with Gasteiger partial charge in [-0.15, -0.1) is 0 Å². The maximum absolute atomic E-state index is 10.8. The van der Waals surface area contributed by atoms with Crippen LogP contribution in [-0.2, 0) is 4.74 Å². The number of hydrogen-bond acceptors (Lipinski definition) is 5. The Bertz CT molecular complexity index is 409. The SMILES string of the molecule is COCCN(CCO)c1cc(C)cc([N+](=O)[O-])c1. The van der Waals surface area contributed by atoms with E-state index in [0.717, 1.165) is 11.3 Å². The second-order valence-electron chi connectivity index (χ2n) is 3.99. The van der Waals surface area contributed by atoms with Crippen LogP contribution in [0.2, 0.25) is 0 Å². The van der Waals surface area contributed by atoms with Crippen LogP contribution in [-0.4, -0.2) is 43.4 Å². The summed E-state index contributed by atoms with van der Waals surface area (Å²) in [6.07, 6.45) is 0. The lowest BCUT2D eigenvalue weighted by Gasteiger charge is -2.23. The van der Waals surface area contributed by atoms with E-state index in [2.05, 4.69) is 0 Å². The number of non-ortho nitro benzene ring substituents is 1. The van der Waals surface area contributed by atoms with E-state index in [1.807, 2.05) is 17.9 Å². The lowest BCUT2D eigenvalue weighted by Crippen LogP contribution is -2.30. The molecule has 18 heavy (non-hydrogen) atoms. The summed E-state index contributed by atoms with van der Waals surface area (Å²) in [6.45, 7) is 3.30. The first-order valence-electron chi connectivity index (χ1n) is 5.69. The molecule has 0 aromatic heterocycles. The van der Waals surface area contributed by atoms with Crippen molar-refractivity contribution in [3.63, 3.8) is 0 Å². The zero-order valence-corrected chi connectivity index (χ0v) is 10.6. The molecule has 0 amide bonds. The number of aryl methyl sites for hydroxylation is 1. The number of aliphatic hydroxyl groups excluding tert-OH is 1. The van der Waals surface area contributed by atoms with Crippen LogP contribution in [0.3, 0.4) is 0 Å². The van der Waals surface area contributed by atoms with Crippen molar-refractivity contribution in [1.29, 1.82) is 0 Å². The molecular weight excluding hydrogens is 236 g/mol. The van der Waals surface area contributed by atoms with Crippen LogP contribution >= 0.6 is 0 Å². The first kappa shape index (κ1) is 14.4. The fourth-order valence-electron chi connectivity index (χ4n) is 1.72. The molecule has 0 bridgehead atoms. The highest BCUT2D eigenvalue weighted by molar-refractivity contribution is 5.55. The molecule has 0 unspecified atom stereocenters. The van der Waals surface area contributed by atoms with E-state index in [9.17, 15) is 10.1 Å². The van der Waals surface area contributed by atoms with Gasteiger partial charge >= 0.3 is 0 Å². The molecule has 1 N–H and O–H groups in total. The molecule has 0 fully saturated rings. The molecule has 1 aromatic rings. The van der Waals surface area contributed by atoms with Crippen molar-refractivity contribution >= 4 is 11.4 Å². The summed E-state index contributed by atoms with van der Waals surface area (Å²) < 4.78 is 4.99. The lowest BCUT2D eigenvalue weighted by molar-refractivity contribution is -0.384. The van der Waals surface area contributed by atoms with E-state index in [-0.39, 0.29) is 12.3 Å². The average Bonchev–Trinajstić information content (AvgIpc) is 2.33. The van der Waals surface area contributed by atoms with Crippen LogP contribution in [0, 0.1) is 17.0 Å². The number of ether oxygens (including phenoxy) is 1. The maximum atomic E-state index is 10.8. The van der Waals surface area contributed by atoms with Gasteiger partial charge in [-0.2, -0.15) is 0 Å². The molecule has 0 saturated heterocycles. The van der Waals surface area contributed by atoms with Crippen molar-refractivity contribution in [3.8, 4) is 0 Å². The van der Waals surface area contributed by atoms with Crippen molar-refractivity contribution in [3.05, 3.63) is 33.9 Å². The van der Waals surface area contributed by atoms with Gasteiger partial charge in [-0.25, -0.2) is 0 Å². The van der Waals surface area contributed by atoms with Gasteiger partial charge in [0.05, 0.1) is 18.1 Å². The summed E-state index contributed by atoms with van der Waals surface area (Å²) in [5, 5.41) is 19.8. The van der Waals surface area contributed by atoms with Gasteiger partial charge in [-0.3, -0.25) is 10.1 Å². The maximum Gasteiger partial charge on any atom is 0.271 e. The summed E-state index contributed by atoms with van der Waals surface area (Å²) >= 11 is 0. The molecule has 1 aromatic carbocycles. The highest BCUT2D eigenvalue weighted by Gasteiger charge is 2.12. The quantitative estimate of drug-likeness (QED) is 0.587. The molecule has 0 aliphatic carbocycles. The number of methoxy groups -OCH3 is 1. The minimum absolute atomic E-state index is 0.00848. The Balaban J connectivity index is 2.98. The molecule has 0 aliphatic heterocycles. The Hall–Kier alpha value is -1.66. The number of nitro benzene ring substituents is 1. The van der Waals surface area contributed by atoms with Crippen molar-refractivity contribution in [2.24, 2.45) is 0 Å². The number of benzene rings is 1. The van der Waals surface area contributed by atoms with Gasteiger partial charge in [-0.05, 0) is 18.6 Å². The Morgan fingerprint density at radius 3 is 2.67 bits per heavy atom. The number of hydrogen-bond donors (Lipinski definition) is 1. The van der Waals surface area contributed by atoms with Crippen molar-refractivity contribution in [1.82, 2.24) is 0 Å². The Morgan fingerprint density at radius 1 is 1.39 bits per heavy atom. The number of anilines is 1. The zero-order valence-electron chi connectivity index (χ0n) is 10.6. The van der Waals surface area contributed by atoms with Crippen molar-refractivity contribution < 1.29 is 14.8 Å². The zero-order chi connectivity index (χ0) is 13.5. The summed E-state index contributed by atoms with van der Waals surface area (Å²) in [7, 11) is 1.59. The Morgan fingerprint density at radius 2 is 2.11 bits per heavy atom. The molecule has 0 saturated carbocycles. The third-order valence-corrected chi connectivity index (χ3v) is 2.56. The summed E-state index contributed by atoms with van der Waals surface area (Å²) in [4.78, 5) is 12.3. The molecule has 6 nitrogen and oxygen atoms in total. The largest absolute Gasteiger partial charge is 0.395 e. The summed E-state index contributed by atoms with van der Waals surface area (Å²) in [5.41, 5.74) is 1.61. The van der Waals surface area contributed by atoms with Crippen molar-refractivity contribution in [2.75, 3.05) is 38.3 Å². The van der Waals surface area contributed by atoms with Gasteiger partial charge < -0.3 is 14.7 Å². The highest BCUT2D eigenvalue weighted by atomic mass is 16.6. The molecular formula is C12H18N2O4. The van der Waals surface area contributed by atoms with E-state index in [0.29, 0.717) is 19.7 Å². The van der Waals surface area contributed by atoms with Crippen LogP contribution in [0.4, 0.5) is 11.4 Å². The minimum atomic E-state index is -0.413. The Labute approximate surface area is 106 Å². The predicted molar refractivity (Wildman–Crippen MR) is 69.0 cm³/mol. The van der Waals surface area contributed by atoms with E-state index < -0.39 is 4.92 Å². The van der Waals surface area contributed by atoms with E-state index in [4.69, 9.17) is 9.84 Å². The van der Waals surface area contributed by atoms with Crippen LogP contribution in [0.15, 0.2) is 18.2 Å². The fourth-order valence-corrected chi connectivity index (χ4v) is 1.72. The van der Waals surface area contributed by atoms with Gasteiger partial charge in [0.1, 0.15) is 0 Å². The normalized spacial score (nSPS) is 10.4. The van der Waals surface area contributed by atoms with Gasteiger partial charge in [0.2, 0.25) is 0 Å². The average molecular weight is 254 g/mol. The van der Waals surface area contributed by atoms with E-state index in [1.165, 1.54) is 12.1 Å². The van der Waals surface area contributed by atoms with Crippen LogP contribution in [0.25, 0.3) is 0 Å². The molecule has 0 heterocycles. The number of nitrogens with zero attached hydrogens (tertiary/aromatic N) is 2. The van der Waals surface area contributed by atoms with Crippen molar-refractivity contribution in [2.45, 2.75) is 6.92 Å². The molecule has 0 atom stereocenters. The lowest BCUT2D eigenvalue weighted by atomic mass is 10.2. The third-order valence-electron chi connectivity index (χ3n) is 2.56. The molecule has 0 radical (unpaired) electrons. The Kier molecular flexibility index (Phi) is 5.54. The van der Waals surface area contributed by atoms with Gasteiger partial charge in [0, 0.05) is 38.0 Å². The van der Waals surface area contributed by atoms with Gasteiger partial charge in [0.15, 0.2) is 0 Å². The fraction of sp³-hybridized carbons (Fsp3) is 0.500. The van der Waals surface area contributed by atoms with Gasteiger partial charge in [-0.1, -0.05) is 0 Å². The summed E-state index contributed by atoms with van der Waals surface area (Å²) in [5.74, 6) is 0. The highest BCUT2D eigenvalue weighted by Crippen LogP contribution is 2.23. The smallest absolute Gasteiger partial charge is 0.271 e. The molecule has 6 heteroatoms. The van der Waals surface area contributed by atoms with Crippen LogP contribution in [0.5, 0.6) is 0 Å². The van der Waals surface area contributed by atoms with Crippen LogP contribution in [0.1, 0.15) is 5.56 Å². The summed E-state index contributed by atoms with van der Waals surface area (Å²) in [6, 6.07) is 4.90. The molecule has 100 valence electrons. The van der Waals surface area contributed by atoms with E-state index >= 15 is 0 Å². The molecule has 1 rings (SSSR count). The standard InChI is InChI=1S/C12H18N2O4/c1-10-7-11(9-12(8-10)14(16)17)13(3-5-15)4-6-18-2/h7-9,15H,3-6H2,1-2H3. The monoisotopic (exact) mass is 254 g/mol. The first-order valence-corrected chi connectivity index (χ1v) is 5.69. The second kappa shape index (κ2) is 6.93. The topological polar surface area (TPSA) is 75.8 Å². The number of nitro groups is 1. The predicted octanol–water partition coefficient (Wildman–Crippen LogP) is 1.35. The number of rotatable bonds is 7. The number of aliphatic hydroxyl groups is 1. The minimum Gasteiger partial charge on any atom is -0.395 e.